The Morgan fingerprint density at radius 2 is 1.76 bits per heavy atom. The third-order valence-electron chi connectivity index (χ3n) is 6.32. The number of aromatic nitrogens is 1. The average Bonchev–Trinajstić information content (AvgIpc) is 3.27. The van der Waals surface area contributed by atoms with Gasteiger partial charge in [0.1, 0.15) is 5.75 Å². The van der Waals surface area contributed by atoms with E-state index in [-0.39, 0.29) is 24.7 Å². The fourth-order valence-electron chi connectivity index (χ4n) is 4.45. The number of esters is 1. The third kappa shape index (κ3) is 6.32. The Morgan fingerprint density at radius 3 is 2.44 bits per heavy atom. The first kappa shape index (κ1) is 28.1. The van der Waals surface area contributed by atoms with E-state index in [1.165, 1.54) is 11.3 Å². The van der Waals surface area contributed by atoms with E-state index < -0.39 is 12.0 Å². The molecule has 0 saturated heterocycles. The molecule has 1 N–H and O–H groups in total. The van der Waals surface area contributed by atoms with Crippen LogP contribution in [0.4, 0.5) is 5.69 Å². The smallest absolute Gasteiger partial charge is 0.344 e. The number of thiazole rings is 1. The van der Waals surface area contributed by atoms with Gasteiger partial charge in [-0.2, -0.15) is 0 Å². The number of hydrogen-bond donors (Lipinski definition) is 1. The number of anilines is 1. The predicted molar refractivity (Wildman–Crippen MR) is 159 cm³/mol. The van der Waals surface area contributed by atoms with Gasteiger partial charge in [0.15, 0.2) is 11.4 Å². The maximum absolute atomic E-state index is 13.8. The highest BCUT2D eigenvalue weighted by atomic mass is 35.5. The Bertz CT molecular complexity index is 1790. The molecule has 0 spiro atoms. The van der Waals surface area contributed by atoms with Crippen molar-refractivity contribution >= 4 is 46.6 Å². The van der Waals surface area contributed by atoms with Crippen molar-refractivity contribution in [3.05, 3.63) is 126 Å². The number of hydrogen-bond acceptors (Lipinski definition) is 7. The highest BCUT2D eigenvalue weighted by molar-refractivity contribution is 7.07. The highest BCUT2D eigenvalue weighted by Gasteiger charge is 2.32. The van der Waals surface area contributed by atoms with Crippen LogP contribution in [-0.2, 0) is 14.3 Å². The number of benzene rings is 3. The minimum Gasteiger partial charge on any atom is -0.482 e. The van der Waals surface area contributed by atoms with Gasteiger partial charge < -0.3 is 14.8 Å². The molecule has 208 valence electrons. The first-order valence-corrected chi connectivity index (χ1v) is 14.1. The van der Waals surface area contributed by atoms with Crippen molar-refractivity contribution in [1.29, 1.82) is 0 Å². The SMILES string of the molecule is CCOC(=O)COc1ccc(C=c2sc3n(c2=O)C(c2ccc(Cl)cc2)C(C(=O)Nc2ccccc2)=C(C)N=3)cc1. The van der Waals surface area contributed by atoms with E-state index in [4.69, 9.17) is 21.1 Å². The summed E-state index contributed by atoms with van der Waals surface area (Å²) >= 11 is 7.41. The zero-order valence-electron chi connectivity index (χ0n) is 22.3. The molecule has 1 aliphatic heterocycles. The number of allylic oxidation sites excluding steroid dienone is 1. The number of amides is 1. The third-order valence-corrected chi connectivity index (χ3v) is 7.56. The summed E-state index contributed by atoms with van der Waals surface area (Å²) in [6.07, 6.45) is 1.76. The molecule has 10 heteroatoms. The second-order valence-electron chi connectivity index (χ2n) is 9.12. The fourth-order valence-corrected chi connectivity index (χ4v) is 5.62. The molecule has 1 aliphatic rings. The van der Waals surface area contributed by atoms with E-state index in [0.29, 0.717) is 37.1 Å². The Balaban J connectivity index is 1.52. The molecule has 5 rings (SSSR count). The quantitative estimate of drug-likeness (QED) is 0.307. The Hall–Kier alpha value is -4.47. The Morgan fingerprint density at radius 1 is 1.05 bits per heavy atom. The maximum atomic E-state index is 13.8. The van der Waals surface area contributed by atoms with E-state index in [2.05, 4.69) is 10.3 Å². The molecular formula is C31H26ClN3O5S. The molecule has 0 bridgehead atoms. The molecule has 0 radical (unpaired) electrons. The number of fused-ring (bicyclic) bond motifs is 1. The van der Waals surface area contributed by atoms with Gasteiger partial charge in [-0.05, 0) is 67.4 Å². The van der Waals surface area contributed by atoms with Crippen LogP contribution in [0.15, 0.2) is 99.9 Å². The van der Waals surface area contributed by atoms with E-state index in [0.717, 1.165) is 11.1 Å². The number of para-hydroxylation sites is 1. The molecule has 4 aromatic rings. The Labute approximate surface area is 244 Å². The first-order valence-electron chi connectivity index (χ1n) is 12.9. The van der Waals surface area contributed by atoms with Crippen LogP contribution in [-0.4, -0.2) is 29.7 Å². The van der Waals surface area contributed by atoms with Crippen molar-refractivity contribution in [1.82, 2.24) is 4.57 Å². The summed E-state index contributed by atoms with van der Waals surface area (Å²) in [5, 5.41) is 3.48. The van der Waals surface area contributed by atoms with Gasteiger partial charge in [0.05, 0.1) is 28.5 Å². The molecule has 3 aromatic carbocycles. The largest absolute Gasteiger partial charge is 0.482 e. The van der Waals surface area contributed by atoms with Gasteiger partial charge in [-0.25, -0.2) is 9.79 Å². The molecule has 0 aliphatic carbocycles. The number of ether oxygens (including phenoxy) is 2. The lowest BCUT2D eigenvalue weighted by molar-refractivity contribution is -0.145. The molecule has 1 amide bonds. The van der Waals surface area contributed by atoms with Gasteiger partial charge >= 0.3 is 5.97 Å². The lowest BCUT2D eigenvalue weighted by Crippen LogP contribution is -2.40. The van der Waals surface area contributed by atoms with Gasteiger partial charge in [0.2, 0.25) is 0 Å². The van der Waals surface area contributed by atoms with E-state index in [9.17, 15) is 14.4 Å². The topological polar surface area (TPSA) is 99.0 Å². The summed E-state index contributed by atoms with van der Waals surface area (Å²) in [6.45, 7) is 3.61. The number of carbonyl (C=O) groups is 2. The van der Waals surface area contributed by atoms with Crippen LogP contribution in [0.25, 0.3) is 6.08 Å². The van der Waals surface area contributed by atoms with Crippen LogP contribution in [0.2, 0.25) is 5.02 Å². The number of nitrogens with zero attached hydrogens (tertiary/aromatic N) is 2. The van der Waals surface area contributed by atoms with Crippen LogP contribution in [0.1, 0.15) is 31.0 Å². The van der Waals surface area contributed by atoms with Crippen molar-refractivity contribution in [3.8, 4) is 5.75 Å². The maximum Gasteiger partial charge on any atom is 0.344 e. The number of carbonyl (C=O) groups excluding carboxylic acids is 2. The molecule has 8 nitrogen and oxygen atoms in total. The second-order valence-corrected chi connectivity index (χ2v) is 10.6. The first-order chi connectivity index (χ1) is 19.8. The number of nitrogens with one attached hydrogen (secondary N) is 1. The lowest BCUT2D eigenvalue weighted by atomic mass is 9.95. The molecule has 2 heterocycles. The molecule has 0 fully saturated rings. The summed E-state index contributed by atoms with van der Waals surface area (Å²) in [7, 11) is 0. The number of halogens is 1. The van der Waals surface area contributed by atoms with Crippen molar-refractivity contribution in [2.45, 2.75) is 19.9 Å². The van der Waals surface area contributed by atoms with Gasteiger partial charge in [-0.1, -0.05) is 65.4 Å². The molecule has 0 saturated carbocycles. The molecule has 1 aromatic heterocycles. The standard InChI is InChI=1S/C31H26ClN3O5S/c1-3-39-26(36)18-40-24-15-9-20(10-16-24)17-25-30(38)35-28(21-11-13-22(32)14-12-21)27(19(2)33-31(35)41-25)29(37)34-23-7-5-4-6-8-23/h4-17,28H,3,18H2,1-2H3,(H,34,37). The van der Waals surface area contributed by atoms with Crippen LogP contribution in [0.5, 0.6) is 5.75 Å². The van der Waals surface area contributed by atoms with Crippen LogP contribution < -0.4 is 24.9 Å². The summed E-state index contributed by atoms with van der Waals surface area (Å²) in [5.74, 6) is -0.283. The monoisotopic (exact) mass is 587 g/mol. The number of rotatable bonds is 8. The molecular weight excluding hydrogens is 562 g/mol. The van der Waals surface area contributed by atoms with E-state index in [1.54, 1.807) is 73.0 Å². The summed E-state index contributed by atoms with van der Waals surface area (Å²) in [4.78, 5) is 44.1. The van der Waals surface area contributed by atoms with Gasteiger partial charge in [0.25, 0.3) is 11.5 Å². The van der Waals surface area contributed by atoms with Gasteiger partial charge in [0, 0.05) is 10.7 Å². The van der Waals surface area contributed by atoms with Crippen molar-refractivity contribution < 1.29 is 19.1 Å². The minimum atomic E-state index is -0.701. The summed E-state index contributed by atoms with van der Waals surface area (Å²) in [6, 6.07) is 22.5. The zero-order chi connectivity index (χ0) is 28.9. The van der Waals surface area contributed by atoms with Crippen molar-refractivity contribution in [3.63, 3.8) is 0 Å². The van der Waals surface area contributed by atoms with Crippen molar-refractivity contribution in [2.75, 3.05) is 18.5 Å². The summed E-state index contributed by atoms with van der Waals surface area (Å²) in [5.41, 5.74) is 2.76. The van der Waals surface area contributed by atoms with Crippen molar-refractivity contribution in [2.24, 2.45) is 4.99 Å². The zero-order valence-corrected chi connectivity index (χ0v) is 23.9. The van der Waals surface area contributed by atoms with E-state index >= 15 is 0 Å². The summed E-state index contributed by atoms with van der Waals surface area (Å²) < 4.78 is 12.3. The average molecular weight is 588 g/mol. The molecule has 1 unspecified atom stereocenters. The predicted octanol–water partition coefficient (Wildman–Crippen LogP) is 4.47. The molecule has 1 atom stereocenters. The fraction of sp³-hybridized carbons (Fsp3) is 0.161. The van der Waals surface area contributed by atoms with E-state index in [1.807, 2.05) is 30.3 Å². The van der Waals surface area contributed by atoms with Gasteiger partial charge in [-0.15, -0.1) is 0 Å². The molecule has 41 heavy (non-hydrogen) atoms. The second kappa shape index (κ2) is 12.4. The normalized spacial score (nSPS) is 14.7. The van der Waals surface area contributed by atoms with Crippen LogP contribution in [0.3, 0.4) is 0 Å². The lowest BCUT2D eigenvalue weighted by Gasteiger charge is -2.25. The highest BCUT2D eigenvalue weighted by Crippen LogP contribution is 2.31. The van der Waals surface area contributed by atoms with Gasteiger partial charge in [-0.3, -0.25) is 14.2 Å². The Kier molecular flexibility index (Phi) is 8.47. The van der Waals surface area contributed by atoms with Crippen LogP contribution >= 0.6 is 22.9 Å². The minimum absolute atomic E-state index is 0.185. The van der Waals surface area contributed by atoms with Crippen LogP contribution in [0, 0.1) is 0 Å².